The molecular formula is C10H10FNO. The minimum Gasteiger partial charge on any atom is -0.396 e. The van der Waals surface area contributed by atoms with Crippen molar-refractivity contribution >= 4 is 17.5 Å². The lowest BCUT2D eigenvalue weighted by Crippen LogP contribution is -1.90. The highest BCUT2D eigenvalue weighted by molar-refractivity contribution is 5.91. The lowest BCUT2D eigenvalue weighted by Gasteiger charge is -1.97. The molecule has 1 aromatic rings. The maximum Gasteiger partial charge on any atom is 0.152 e. The van der Waals surface area contributed by atoms with E-state index in [0.717, 1.165) is 0 Å². The first-order valence-electron chi connectivity index (χ1n) is 3.83. The van der Waals surface area contributed by atoms with Gasteiger partial charge in [-0.3, -0.25) is 4.79 Å². The van der Waals surface area contributed by atoms with Crippen LogP contribution in [-0.2, 0) is 4.79 Å². The van der Waals surface area contributed by atoms with Gasteiger partial charge in [0.15, 0.2) is 5.78 Å². The Morgan fingerprint density at radius 1 is 1.54 bits per heavy atom. The molecule has 68 valence electrons. The molecule has 0 saturated carbocycles. The van der Waals surface area contributed by atoms with Gasteiger partial charge in [-0.25, -0.2) is 4.39 Å². The van der Waals surface area contributed by atoms with E-state index in [2.05, 4.69) is 0 Å². The van der Waals surface area contributed by atoms with Gasteiger partial charge in [0.25, 0.3) is 0 Å². The first-order chi connectivity index (χ1) is 6.09. The Balaban J connectivity index is 2.92. The Morgan fingerprint density at radius 3 is 2.77 bits per heavy atom. The standard InChI is InChI=1S/C10H10FNO/c1-7(13)2-3-8-4-5-9(11)10(12)6-8/h2-6H,12H2,1H3/b3-2+. The van der Waals surface area contributed by atoms with Crippen LogP contribution in [0.2, 0.25) is 0 Å². The quantitative estimate of drug-likeness (QED) is 0.557. The molecule has 0 bridgehead atoms. The summed E-state index contributed by atoms with van der Waals surface area (Å²) in [5.41, 5.74) is 6.14. The summed E-state index contributed by atoms with van der Waals surface area (Å²) >= 11 is 0. The number of benzene rings is 1. The maximum atomic E-state index is 12.7. The van der Waals surface area contributed by atoms with Crippen molar-refractivity contribution in [1.29, 1.82) is 0 Å². The summed E-state index contributed by atoms with van der Waals surface area (Å²) in [6, 6.07) is 4.31. The monoisotopic (exact) mass is 179 g/mol. The Labute approximate surface area is 75.9 Å². The van der Waals surface area contributed by atoms with Gasteiger partial charge >= 0.3 is 0 Å². The van der Waals surface area contributed by atoms with E-state index < -0.39 is 5.82 Å². The molecule has 0 aliphatic carbocycles. The number of nitrogen functional groups attached to an aromatic ring is 1. The predicted octanol–water partition coefficient (Wildman–Crippen LogP) is 2.01. The average Bonchev–Trinajstić information content (AvgIpc) is 2.07. The number of carbonyl (C=O) groups excluding carboxylic acids is 1. The number of anilines is 1. The molecular weight excluding hydrogens is 169 g/mol. The predicted molar refractivity (Wildman–Crippen MR) is 50.5 cm³/mol. The van der Waals surface area contributed by atoms with Crippen LogP contribution in [0.1, 0.15) is 12.5 Å². The molecule has 0 aliphatic heterocycles. The van der Waals surface area contributed by atoms with Crippen molar-refractivity contribution in [3.63, 3.8) is 0 Å². The molecule has 13 heavy (non-hydrogen) atoms. The molecule has 0 spiro atoms. The molecule has 0 aromatic heterocycles. The van der Waals surface area contributed by atoms with E-state index >= 15 is 0 Å². The number of halogens is 1. The number of rotatable bonds is 2. The van der Waals surface area contributed by atoms with Crippen LogP contribution in [0.5, 0.6) is 0 Å². The van der Waals surface area contributed by atoms with E-state index in [-0.39, 0.29) is 11.5 Å². The number of hydrogen-bond acceptors (Lipinski definition) is 2. The van der Waals surface area contributed by atoms with Crippen molar-refractivity contribution in [1.82, 2.24) is 0 Å². The first kappa shape index (κ1) is 9.45. The zero-order chi connectivity index (χ0) is 9.84. The van der Waals surface area contributed by atoms with Crippen LogP contribution in [0, 0.1) is 5.82 Å². The zero-order valence-corrected chi connectivity index (χ0v) is 7.25. The normalized spacial score (nSPS) is 10.6. The molecule has 1 rings (SSSR count). The van der Waals surface area contributed by atoms with Gasteiger partial charge in [-0.1, -0.05) is 12.1 Å². The SMILES string of the molecule is CC(=O)/C=C/c1ccc(F)c(N)c1. The van der Waals surface area contributed by atoms with Gasteiger partial charge in [0.05, 0.1) is 5.69 Å². The second-order valence-electron chi connectivity index (χ2n) is 2.72. The summed E-state index contributed by atoms with van der Waals surface area (Å²) in [7, 11) is 0. The van der Waals surface area contributed by atoms with E-state index in [9.17, 15) is 9.18 Å². The molecule has 0 saturated heterocycles. The van der Waals surface area contributed by atoms with E-state index in [1.165, 1.54) is 25.1 Å². The Hall–Kier alpha value is -1.64. The van der Waals surface area contributed by atoms with E-state index in [4.69, 9.17) is 5.73 Å². The van der Waals surface area contributed by atoms with Crippen molar-refractivity contribution in [3.05, 3.63) is 35.7 Å². The number of nitrogens with two attached hydrogens (primary N) is 1. The Kier molecular flexibility index (Phi) is 2.80. The van der Waals surface area contributed by atoms with E-state index in [0.29, 0.717) is 5.56 Å². The summed E-state index contributed by atoms with van der Waals surface area (Å²) < 4.78 is 12.7. The van der Waals surface area contributed by atoms with Crippen molar-refractivity contribution in [2.75, 3.05) is 5.73 Å². The Bertz CT molecular complexity index is 358. The summed E-state index contributed by atoms with van der Waals surface area (Å²) in [6.45, 7) is 1.45. The molecule has 0 unspecified atom stereocenters. The highest BCUT2D eigenvalue weighted by Gasteiger charge is 1.96. The van der Waals surface area contributed by atoms with Crippen LogP contribution < -0.4 is 5.73 Å². The first-order valence-corrected chi connectivity index (χ1v) is 3.83. The smallest absolute Gasteiger partial charge is 0.152 e. The maximum absolute atomic E-state index is 12.7. The molecule has 2 N–H and O–H groups in total. The summed E-state index contributed by atoms with van der Waals surface area (Å²) in [5, 5.41) is 0. The topological polar surface area (TPSA) is 43.1 Å². The van der Waals surface area contributed by atoms with Crippen molar-refractivity contribution in [2.45, 2.75) is 6.92 Å². The van der Waals surface area contributed by atoms with Crippen LogP contribution in [0.25, 0.3) is 6.08 Å². The van der Waals surface area contributed by atoms with Crippen molar-refractivity contribution < 1.29 is 9.18 Å². The highest BCUT2D eigenvalue weighted by atomic mass is 19.1. The molecule has 0 amide bonds. The molecule has 0 atom stereocenters. The lowest BCUT2D eigenvalue weighted by atomic mass is 10.1. The van der Waals surface area contributed by atoms with Gasteiger partial charge in [0.1, 0.15) is 5.82 Å². The number of carbonyl (C=O) groups is 1. The minimum atomic E-state index is -0.444. The summed E-state index contributed by atoms with van der Waals surface area (Å²) in [5.74, 6) is -0.497. The fourth-order valence-corrected chi connectivity index (χ4v) is 0.879. The number of allylic oxidation sites excluding steroid dienone is 1. The molecule has 0 aliphatic rings. The van der Waals surface area contributed by atoms with E-state index in [1.54, 1.807) is 12.1 Å². The van der Waals surface area contributed by atoms with Crippen LogP contribution in [0.3, 0.4) is 0 Å². The third-order valence-electron chi connectivity index (χ3n) is 1.53. The van der Waals surface area contributed by atoms with Gasteiger partial charge in [-0.05, 0) is 30.7 Å². The molecule has 3 heteroatoms. The van der Waals surface area contributed by atoms with Crippen molar-refractivity contribution in [2.24, 2.45) is 0 Å². The van der Waals surface area contributed by atoms with Crippen LogP contribution in [0.4, 0.5) is 10.1 Å². The highest BCUT2D eigenvalue weighted by Crippen LogP contribution is 2.13. The second kappa shape index (κ2) is 3.85. The Morgan fingerprint density at radius 2 is 2.23 bits per heavy atom. The average molecular weight is 179 g/mol. The summed E-state index contributed by atoms with van der Waals surface area (Å²) in [4.78, 5) is 10.6. The third-order valence-corrected chi connectivity index (χ3v) is 1.53. The van der Waals surface area contributed by atoms with Crippen molar-refractivity contribution in [3.8, 4) is 0 Å². The molecule has 0 heterocycles. The van der Waals surface area contributed by atoms with Crippen LogP contribution in [-0.4, -0.2) is 5.78 Å². The van der Waals surface area contributed by atoms with Gasteiger partial charge in [0, 0.05) is 0 Å². The van der Waals surface area contributed by atoms with Gasteiger partial charge in [-0.15, -0.1) is 0 Å². The fraction of sp³-hybridized carbons (Fsp3) is 0.100. The lowest BCUT2D eigenvalue weighted by molar-refractivity contribution is -0.112. The third kappa shape index (κ3) is 2.71. The number of ketones is 1. The fourth-order valence-electron chi connectivity index (χ4n) is 0.879. The van der Waals surface area contributed by atoms with Gasteiger partial charge in [0.2, 0.25) is 0 Å². The van der Waals surface area contributed by atoms with E-state index in [1.807, 2.05) is 0 Å². The minimum absolute atomic E-state index is 0.0529. The van der Waals surface area contributed by atoms with Crippen LogP contribution in [0.15, 0.2) is 24.3 Å². The van der Waals surface area contributed by atoms with Crippen LogP contribution >= 0.6 is 0 Å². The largest absolute Gasteiger partial charge is 0.396 e. The molecule has 2 nitrogen and oxygen atoms in total. The summed E-state index contributed by atoms with van der Waals surface area (Å²) in [6.07, 6.45) is 3.00. The zero-order valence-electron chi connectivity index (χ0n) is 7.25. The number of hydrogen-bond donors (Lipinski definition) is 1. The second-order valence-corrected chi connectivity index (χ2v) is 2.72. The molecule has 0 fully saturated rings. The molecule has 0 radical (unpaired) electrons. The molecule has 1 aromatic carbocycles. The van der Waals surface area contributed by atoms with Gasteiger partial charge < -0.3 is 5.73 Å². The van der Waals surface area contributed by atoms with Gasteiger partial charge in [-0.2, -0.15) is 0 Å².